The number of aromatic amines is 1. The van der Waals surface area contributed by atoms with Gasteiger partial charge in [0.25, 0.3) is 21.2 Å². The molecule has 2 aliphatic rings. The minimum Gasteiger partial charge on any atom is -0.756 e. The van der Waals surface area contributed by atoms with Crippen LogP contribution in [0.5, 0.6) is 0 Å². The van der Waals surface area contributed by atoms with Gasteiger partial charge in [-0.3, -0.25) is 32.8 Å². The molecule has 18 heteroatoms. The van der Waals surface area contributed by atoms with E-state index in [0.29, 0.717) is 0 Å². The van der Waals surface area contributed by atoms with E-state index in [9.17, 15) is 38.4 Å². The quantitative estimate of drug-likeness (QED) is 0.281. The van der Waals surface area contributed by atoms with Gasteiger partial charge in [-0.05, 0) is 20.8 Å². The van der Waals surface area contributed by atoms with Crippen LogP contribution in [0.4, 0.5) is 0 Å². The summed E-state index contributed by atoms with van der Waals surface area (Å²) in [6.45, 7) is 3.41. The van der Waals surface area contributed by atoms with E-state index in [1.54, 1.807) is 0 Å². The molecular weight excluding hydrogens is 516 g/mol. The number of ether oxygens (including phenoxy) is 2. The van der Waals surface area contributed by atoms with Gasteiger partial charge in [-0.15, -0.1) is 0 Å². The summed E-state index contributed by atoms with van der Waals surface area (Å²) < 4.78 is 49.0. The minimum absolute atomic E-state index is 0.146. The van der Waals surface area contributed by atoms with E-state index in [1.165, 1.54) is 27.0 Å². The maximum Gasteiger partial charge on any atom is 0.330 e. The number of aliphatic hydroxyl groups is 1. The van der Waals surface area contributed by atoms with E-state index in [0.717, 1.165) is 4.57 Å². The number of phosphoric acid groups is 2. The second kappa shape index (κ2) is 10.1. The molecule has 2 aliphatic heterocycles. The van der Waals surface area contributed by atoms with Gasteiger partial charge in [0.2, 0.25) is 5.78 Å². The van der Waals surface area contributed by atoms with Crippen LogP contribution in [0.1, 0.15) is 38.5 Å². The summed E-state index contributed by atoms with van der Waals surface area (Å²) in [5.74, 6) is -0.385. The Bertz CT molecular complexity index is 1180. The topological polar surface area (TPSA) is 246 Å². The number of nitrogens with zero attached hydrogens (tertiary/aromatic N) is 1. The highest BCUT2D eigenvalue weighted by Gasteiger charge is 2.46. The summed E-state index contributed by atoms with van der Waals surface area (Å²) >= 11 is 0. The largest absolute Gasteiger partial charge is 0.756 e. The maximum absolute atomic E-state index is 12.1. The summed E-state index contributed by atoms with van der Waals surface area (Å²) in [6, 6.07) is 0. The Morgan fingerprint density at radius 2 is 1.94 bits per heavy atom. The molecule has 0 aromatic carbocycles. The summed E-state index contributed by atoms with van der Waals surface area (Å²) in [6.07, 6.45) is -5.39. The van der Waals surface area contributed by atoms with E-state index < -0.39 is 69.9 Å². The number of rotatable bonds is 8. The molecule has 35 heavy (non-hydrogen) atoms. The summed E-state index contributed by atoms with van der Waals surface area (Å²) in [7, 11) is -11.1. The van der Waals surface area contributed by atoms with Crippen LogP contribution in [0.3, 0.4) is 0 Å². The Labute approximate surface area is 198 Å². The molecule has 0 spiro atoms. The van der Waals surface area contributed by atoms with Crippen molar-refractivity contribution in [1.29, 1.82) is 0 Å². The lowest BCUT2D eigenvalue weighted by Gasteiger charge is -2.38. The maximum atomic E-state index is 12.1. The number of ketones is 1. The van der Waals surface area contributed by atoms with E-state index in [2.05, 4.69) is 24.1 Å². The number of quaternary nitrogens is 1. The molecule has 0 bridgehead atoms. The van der Waals surface area contributed by atoms with Crippen molar-refractivity contribution in [3.05, 3.63) is 32.6 Å². The molecule has 8 atom stereocenters. The second-order valence-corrected chi connectivity index (χ2v) is 11.5. The Balaban J connectivity index is 1.58. The fourth-order valence-corrected chi connectivity index (χ4v) is 5.73. The van der Waals surface area contributed by atoms with Crippen molar-refractivity contribution in [2.24, 2.45) is 0 Å². The Hall–Kier alpha value is -1.55. The molecule has 3 rings (SSSR count). The summed E-state index contributed by atoms with van der Waals surface area (Å²) in [5.41, 5.74) is 1.25. The molecule has 0 amide bonds. The first-order valence-corrected chi connectivity index (χ1v) is 13.3. The fraction of sp³-hybridized carbons (Fsp3) is 0.706. The van der Waals surface area contributed by atoms with Crippen LogP contribution >= 0.6 is 15.6 Å². The van der Waals surface area contributed by atoms with Crippen molar-refractivity contribution in [3.8, 4) is 0 Å². The summed E-state index contributed by atoms with van der Waals surface area (Å²) in [4.78, 5) is 61.7. The molecule has 2 saturated heterocycles. The van der Waals surface area contributed by atoms with E-state index in [1.807, 2.05) is 0 Å². The van der Waals surface area contributed by atoms with Crippen LogP contribution in [-0.2, 0) is 36.8 Å². The number of H-pyrrole nitrogens is 1. The number of hydrogen-bond acceptors (Lipinski definition) is 13. The lowest BCUT2D eigenvalue weighted by atomic mass is 9.88. The fourth-order valence-electron chi connectivity index (χ4n) is 3.67. The van der Waals surface area contributed by atoms with Gasteiger partial charge < -0.3 is 34.6 Å². The smallest absolute Gasteiger partial charge is 0.330 e. The molecule has 1 aromatic rings. The van der Waals surface area contributed by atoms with Crippen molar-refractivity contribution in [2.45, 2.75) is 70.0 Å². The molecule has 1 aromatic heterocycles. The number of aromatic nitrogens is 2. The van der Waals surface area contributed by atoms with Gasteiger partial charge in [0.1, 0.15) is 18.4 Å². The number of phosphoric ester groups is 2. The van der Waals surface area contributed by atoms with E-state index >= 15 is 0 Å². The Morgan fingerprint density at radius 3 is 2.57 bits per heavy atom. The highest BCUT2D eigenvalue weighted by Crippen LogP contribution is 2.57. The van der Waals surface area contributed by atoms with Crippen LogP contribution in [0.2, 0.25) is 0 Å². The van der Waals surface area contributed by atoms with Gasteiger partial charge in [-0.25, -0.2) is 9.11 Å². The normalized spacial score (nSPS) is 34.9. The molecule has 0 aliphatic carbocycles. The first-order valence-electron chi connectivity index (χ1n) is 10.4. The Morgan fingerprint density at radius 1 is 1.29 bits per heavy atom. The third-order valence-electron chi connectivity index (χ3n) is 5.44. The molecule has 2 fully saturated rings. The molecule has 0 radical (unpaired) electrons. The van der Waals surface area contributed by atoms with Gasteiger partial charge >= 0.3 is 5.69 Å². The predicted molar refractivity (Wildman–Crippen MR) is 109 cm³/mol. The number of aryl methyl sites for hydroxylation is 1. The van der Waals surface area contributed by atoms with Crippen LogP contribution in [0, 0.1) is 6.92 Å². The molecule has 3 heterocycles. The predicted octanol–water partition coefficient (Wildman–Crippen LogP) is -2.82. The zero-order chi connectivity index (χ0) is 26.3. The highest BCUT2D eigenvalue weighted by atomic mass is 31.3. The lowest BCUT2D eigenvalue weighted by molar-refractivity contribution is -0.467. The van der Waals surface area contributed by atoms with Crippen molar-refractivity contribution in [3.63, 3.8) is 0 Å². The molecular formula is C17H26N3O13P2-. The van der Waals surface area contributed by atoms with Crippen molar-refractivity contribution in [2.75, 3.05) is 6.61 Å². The van der Waals surface area contributed by atoms with Gasteiger partial charge in [-0.1, -0.05) is 0 Å². The van der Waals surface area contributed by atoms with Gasteiger partial charge in [-0.2, -0.15) is 0 Å². The minimum atomic E-state index is -5.54. The number of Topliss-reactive ketones (excluding diaryl/α,β-unsaturated/α-hetero) is 1. The first-order chi connectivity index (χ1) is 16.0. The van der Waals surface area contributed by atoms with Gasteiger partial charge in [0.05, 0.1) is 19.1 Å². The number of aliphatic hydroxyl groups excluding tert-OH is 1. The second-order valence-electron chi connectivity index (χ2n) is 8.63. The number of hydrogen-bond donors (Lipinski definition) is 3. The SMILES string of the molecule is Cc1cn([C@H]2C[C@H](O)[C@@H](COP(=O)([O-])OP(=O)([O-])O[C@@H]3C[C@](C)([NH3+])C(=O)[C@H](C)O3)O2)c(=O)[nH]c1=O. The van der Waals surface area contributed by atoms with Crippen LogP contribution in [-0.4, -0.2) is 57.2 Å². The van der Waals surface area contributed by atoms with E-state index in [4.69, 9.17) is 9.47 Å². The van der Waals surface area contributed by atoms with Gasteiger partial charge in [0, 0.05) is 18.2 Å². The van der Waals surface area contributed by atoms with Crippen molar-refractivity contribution in [1.82, 2.24) is 9.55 Å². The molecule has 198 valence electrons. The standard InChI is InChI=1S/C17H27N3O13P2/c1-8-6-20(16(24)19-15(8)23)12-4-10(21)11(31-12)7-29-34(25,26)33-35(27,28)32-13-5-17(3,18)14(22)9(2)30-13/h6,9-13,21H,4-5,7,18H2,1-3H3,(H,25,26)(H,27,28)(H,19,23,24)/p-1/t9-,10-,11+,12+,13+,17-/m0/s1. The highest BCUT2D eigenvalue weighted by molar-refractivity contribution is 7.59. The number of carbonyl (C=O) groups excluding carboxylic acids is 1. The molecule has 0 saturated carbocycles. The van der Waals surface area contributed by atoms with Crippen molar-refractivity contribution < 1.29 is 57.4 Å². The van der Waals surface area contributed by atoms with Gasteiger partial charge in [0.15, 0.2) is 11.8 Å². The Kier molecular flexibility index (Phi) is 8.07. The van der Waals surface area contributed by atoms with Crippen LogP contribution < -0.4 is 26.8 Å². The molecule has 2 unspecified atom stereocenters. The van der Waals surface area contributed by atoms with Crippen molar-refractivity contribution >= 4 is 21.4 Å². The number of carbonyl (C=O) groups is 1. The average Bonchev–Trinajstić information content (AvgIpc) is 3.06. The number of nitrogens with one attached hydrogen (secondary N) is 1. The lowest BCUT2D eigenvalue weighted by Crippen LogP contribution is -2.79. The molecule has 5 N–H and O–H groups in total. The summed E-state index contributed by atoms with van der Waals surface area (Å²) in [5, 5.41) is 10.2. The first kappa shape index (κ1) is 28.0. The third kappa shape index (κ3) is 6.81. The zero-order valence-corrected chi connectivity index (χ0v) is 20.8. The monoisotopic (exact) mass is 542 g/mol. The average molecular weight is 542 g/mol. The van der Waals surface area contributed by atoms with Crippen LogP contribution in [0.15, 0.2) is 15.8 Å². The zero-order valence-electron chi connectivity index (χ0n) is 19.0. The van der Waals surface area contributed by atoms with E-state index in [-0.39, 0.29) is 24.2 Å². The third-order valence-corrected chi connectivity index (χ3v) is 8.00. The van der Waals surface area contributed by atoms with Crippen LogP contribution in [0.25, 0.3) is 0 Å². The molecule has 16 nitrogen and oxygen atoms in total.